The lowest BCUT2D eigenvalue weighted by molar-refractivity contribution is -0.121. The van der Waals surface area contributed by atoms with E-state index in [1.165, 1.54) is 10.9 Å². The molecule has 0 atom stereocenters. The van der Waals surface area contributed by atoms with E-state index in [4.69, 9.17) is 0 Å². The van der Waals surface area contributed by atoms with Gasteiger partial charge < -0.3 is 5.32 Å². The number of H-pyrrole nitrogens is 1. The minimum atomic E-state index is -0.244. The summed E-state index contributed by atoms with van der Waals surface area (Å²) in [5.41, 5.74) is 3.33. The Morgan fingerprint density at radius 3 is 2.67 bits per heavy atom. The normalized spacial score (nSPS) is 10.8. The lowest BCUT2D eigenvalue weighted by Gasteiger charge is -2.08. The highest BCUT2D eigenvalue weighted by Gasteiger charge is 2.08. The zero-order valence-electron chi connectivity index (χ0n) is 14.4. The first-order valence-corrected chi connectivity index (χ1v) is 8.50. The fourth-order valence-electron chi connectivity index (χ4n) is 2.85. The Bertz CT molecular complexity index is 1130. The maximum atomic E-state index is 12.4. The number of para-hydroxylation sites is 1. The number of carbonyl (C=O) groups excluding carboxylic acids is 1. The Morgan fingerprint density at radius 2 is 1.89 bits per heavy atom. The molecule has 2 aromatic carbocycles. The van der Waals surface area contributed by atoms with Crippen LogP contribution in [0.2, 0.25) is 0 Å². The van der Waals surface area contributed by atoms with E-state index >= 15 is 0 Å². The molecule has 4 aromatic rings. The smallest absolute Gasteiger partial charge is 0.261 e. The van der Waals surface area contributed by atoms with Gasteiger partial charge in [0.15, 0.2) is 0 Å². The molecule has 0 aliphatic rings. The molecule has 2 N–H and O–H groups in total. The van der Waals surface area contributed by atoms with Crippen LogP contribution in [-0.2, 0) is 17.9 Å². The molecule has 4 rings (SSSR count). The van der Waals surface area contributed by atoms with Crippen LogP contribution in [0.25, 0.3) is 22.2 Å². The minimum Gasteiger partial charge on any atom is -0.350 e. The van der Waals surface area contributed by atoms with E-state index in [2.05, 4.69) is 20.5 Å². The van der Waals surface area contributed by atoms with E-state index in [-0.39, 0.29) is 18.0 Å². The number of fused-ring (bicyclic) bond motifs is 1. The molecule has 7 nitrogen and oxygen atoms in total. The molecule has 0 spiro atoms. The van der Waals surface area contributed by atoms with Crippen LogP contribution in [-0.4, -0.2) is 25.7 Å². The first kappa shape index (κ1) is 16.7. The van der Waals surface area contributed by atoms with Gasteiger partial charge in [0.2, 0.25) is 5.91 Å². The van der Waals surface area contributed by atoms with Gasteiger partial charge in [-0.3, -0.25) is 19.3 Å². The number of amides is 1. The van der Waals surface area contributed by atoms with Crippen LogP contribution in [0.3, 0.4) is 0 Å². The Kier molecular flexibility index (Phi) is 4.49. The lowest BCUT2D eigenvalue weighted by atomic mass is 10.1. The first-order valence-electron chi connectivity index (χ1n) is 8.50. The molecule has 0 fully saturated rings. The van der Waals surface area contributed by atoms with Crippen LogP contribution < -0.4 is 10.9 Å². The second-order valence-corrected chi connectivity index (χ2v) is 6.14. The summed E-state index contributed by atoms with van der Waals surface area (Å²) in [6.45, 7) is 0.320. The van der Waals surface area contributed by atoms with Crippen molar-refractivity contribution in [3.63, 3.8) is 0 Å². The Hall–Kier alpha value is -3.74. The number of aromatic amines is 1. The zero-order chi connectivity index (χ0) is 18.6. The van der Waals surface area contributed by atoms with Gasteiger partial charge in [-0.25, -0.2) is 4.98 Å². The maximum absolute atomic E-state index is 12.4. The summed E-state index contributed by atoms with van der Waals surface area (Å²) in [6.07, 6.45) is 3.11. The van der Waals surface area contributed by atoms with Gasteiger partial charge in [-0.1, -0.05) is 36.4 Å². The van der Waals surface area contributed by atoms with Crippen molar-refractivity contribution < 1.29 is 4.79 Å². The molecule has 0 saturated carbocycles. The number of hydrogen-bond donors (Lipinski definition) is 2. The van der Waals surface area contributed by atoms with Crippen molar-refractivity contribution in [3.8, 4) is 11.3 Å². The van der Waals surface area contributed by atoms with Crippen molar-refractivity contribution in [2.75, 3.05) is 0 Å². The maximum Gasteiger partial charge on any atom is 0.261 e. The fraction of sp³-hybridized carbons (Fsp3) is 0.100. The number of benzene rings is 2. The molecular formula is C20H17N5O2. The number of hydrogen-bond acceptors (Lipinski definition) is 4. The SMILES string of the molecule is O=C(Cn1cnc2ccccc2c1=O)NCc1ccc(-c2ccn[nH]2)cc1. The average molecular weight is 359 g/mol. The number of carbonyl (C=O) groups is 1. The first-order chi connectivity index (χ1) is 13.2. The standard InChI is InChI=1S/C20H17N5O2/c26-19(12-25-13-22-18-4-2-1-3-16(18)20(25)27)21-11-14-5-7-15(8-6-14)17-9-10-23-24-17/h1-10,13H,11-12H2,(H,21,26)(H,23,24). The molecule has 0 aliphatic heterocycles. The van der Waals surface area contributed by atoms with Gasteiger partial charge >= 0.3 is 0 Å². The summed E-state index contributed by atoms with van der Waals surface area (Å²) in [5, 5.41) is 10.2. The number of nitrogens with zero attached hydrogens (tertiary/aromatic N) is 3. The molecule has 1 amide bonds. The lowest BCUT2D eigenvalue weighted by Crippen LogP contribution is -2.32. The van der Waals surface area contributed by atoms with Gasteiger partial charge in [-0.15, -0.1) is 0 Å². The third-order valence-electron chi connectivity index (χ3n) is 4.30. The molecule has 27 heavy (non-hydrogen) atoms. The van der Waals surface area contributed by atoms with Gasteiger partial charge in [0.05, 0.1) is 22.9 Å². The van der Waals surface area contributed by atoms with Gasteiger partial charge in [0.25, 0.3) is 5.56 Å². The molecule has 0 unspecified atom stereocenters. The highest BCUT2D eigenvalue weighted by atomic mass is 16.2. The molecule has 0 saturated heterocycles. The molecule has 7 heteroatoms. The summed E-state index contributed by atoms with van der Waals surface area (Å²) in [6, 6.07) is 16.8. The van der Waals surface area contributed by atoms with E-state index < -0.39 is 0 Å². The summed E-state index contributed by atoms with van der Waals surface area (Å²) in [5.74, 6) is -0.244. The van der Waals surface area contributed by atoms with Crippen molar-refractivity contribution in [2.24, 2.45) is 0 Å². The topological polar surface area (TPSA) is 92.7 Å². The number of aromatic nitrogens is 4. The minimum absolute atomic E-state index is 0.0666. The summed E-state index contributed by atoms with van der Waals surface area (Å²) >= 11 is 0. The molecule has 0 bridgehead atoms. The average Bonchev–Trinajstić information content (AvgIpc) is 3.24. The number of rotatable bonds is 5. The van der Waals surface area contributed by atoms with E-state index in [1.54, 1.807) is 24.4 Å². The van der Waals surface area contributed by atoms with Gasteiger partial charge in [-0.2, -0.15) is 5.10 Å². The van der Waals surface area contributed by atoms with Crippen molar-refractivity contribution in [1.82, 2.24) is 25.1 Å². The molecule has 2 aromatic heterocycles. The third kappa shape index (κ3) is 3.62. The largest absolute Gasteiger partial charge is 0.350 e. The van der Waals surface area contributed by atoms with E-state index in [1.807, 2.05) is 36.4 Å². The van der Waals surface area contributed by atoms with Crippen LogP contribution in [0.5, 0.6) is 0 Å². The van der Waals surface area contributed by atoms with Crippen LogP contribution in [0, 0.1) is 0 Å². The monoisotopic (exact) mass is 359 g/mol. The molecule has 2 heterocycles. The highest BCUT2D eigenvalue weighted by molar-refractivity contribution is 5.78. The van der Waals surface area contributed by atoms with E-state index in [0.717, 1.165) is 16.8 Å². The van der Waals surface area contributed by atoms with Crippen molar-refractivity contribution >= 4 is 16.8 Å². The molecular weight excluding hydrogens is 342 g/mol. The molecule has 134 valence electrons. The second-order valence-electron chi connectivity index (χ2n) is 6.14. The Balaban J connectivity index is 1.40. The van der Waals surface area contributed by atoms with Crippen LogP contribution in [0.1, 0.15) is 5.56 Å². The van der Waals surface area contributed by atoms with Crippen LogP contribution >= 0.6 is 0 Å². The predicted octanol–water partition coefficient (Wildman–Crippen LogP) is 2.10. The van der Waals surface area contributed by atoms with Gasteiger partial charge in [-0.05, 0) is 29.3 Å². The highest BCUT2D eigenvalue weighted by Crippen LogP contribution is 2.16. The van der Waals surface area contributed by atoms with Crippen molar-refractivity contribution in [1.29, 1.82) is 0 Å². The second kappa shape index (κ2) is 7.25. The van der Waals surface area contributed by atoms with Crippen molar-refractivity contribution in [3.05, 3.63) is 83.0 Å². The quantitative estimate of drug-likeness (QED) is 0.571. The molecule has 0 aliphatic carbocycles. The molecule has 0 radical (unpaired) electrons. The summed E-state index contributed by atoms with van der Waals surface area (Å²) in [7, 11) is 0. The zero-order valence-corrected chi connectivity index (χ0v) is 14.4. The summed E-state index contributed by atoms with van der Waals surface area (Å²) in [4.78, 5) is 28.9. The summed E-state index contributed by atoms with van der Waals surface area (Å²) < 4.78 is 1.32. The van der Waals surface area contributed by atoms with Crippen LogP contribution in [0.4, 0.5) is 0 Å². The van der Waals surface area contributed by atoms with E-state index in [9.17, 15) is 9.59 Å². The van der Waals surface area contributed by atoms with Crippen LogP contribution in [0.15, 0.2) is 71.9 Å². The third-order valence-corrected chi connectivity index (χ3v) is 4.30. The van der Waals surface area contributed by atoms with Crippen molar-refractivity contribution in [2.45, 2.75) is 13.1 Å². The fourth-order valence-corrected chi connectivity index (χ4v) is 2.85. The number of nitrogens with one attached hydrogen (secondary N) is 2. The Morgan fingerprint density at radius 1 is 1.07 bits per heavy atom. The van der Waals surface area contributed by atoms with Gasteiger partial charge in [0, 0.05) is 12.7 Å². The van der Waals surface area contributed by atoms with E-state index in [0.29, 0.717) is 17.4 Å². The van der Waals surface area contributed by atoms with Gasteiger partial charge in [0.1, 0.15) is 6.54 Å². The predicted molar refractivity (Wildman–Crippen MR) is 102 cm³/mol. The Labute approximate surface area is 154 Å².